The standard InChI is InChI=1S/C14H22N4O2S/c1-14(20)5-2-7-17(8-6-14)12(19)9-21-13-16-15-10-18(13)11-3-4-11/h10-11,20H,2-9H2,1H3. The second-order valence-corrected chi connectivity index (χ2v) is 7.21. The van der Waals surface area contributed by atoms with Crippen LogP contribution in [0.15, 0.2) is 11.5 Å². The van der Waals surface area contributed by atoms with Gasteiger partial charge < -0.3 is 14.6 Å². The van der Waals surface area contributed by atoms with Gasteiger partial charge in [-0.25, -0.2) is 0 Å². The lowest BCUT2D eigenvalue weighted by atomic mass is 9.98. The summed E-state index contributed by atoms with van der Waals surface area (Å²) in [5.41, 5.74) is -0.631. The van der Waals surface area contributed by atoms with Crippen molar-refractivity contribution in [1.82, 2.24) is 19.7 Å². The van der Waals surface area contributed by atoms with Gasteiger partial charge in [0.15, 0.2) is 5.16 Å². The highest BCUT2D eigenvalue weighted by atomic mass is 32.2. The maximum Gasteiger partial charge on any atom is 0.233 e. The van der Waals surface area contributed by atoms with Crippen LogP contribution in [-0.4, -0.2) is 55.1 Å². The number of carbonyl (C=O) groups excluding carboxylic acids is 1. The molecule has 1 aliphatic heterocycles. The Hall–Kier alpha value is -1.08. The highest BCUT2D eigenvalue weighted by molar-refractivity contribution is 7.99. The molecule has 1 amide bonds. The lowest BCUT2D eigenvalue weighted by Crippen LogP contribution is -2.34. The Bertz CT molecular complexity index is 513. The molecule has 1 aromatic rings. The molecule has 2 heterocycles. The van der Waals surface area contributed by atoms with Crippen LogP contribution in [0.3, 0.4) is 0 Å². The van der Waals surface area contributed by atoms with Crippen molar-refractivity contribution in [2.75, 3.05) is 18.8 Å². The van der Waals surface area contributed by atoms with Gasteiger partial charge in [0.05, 0.1) is 11.4 Å². The Balaban J connectivity index is 1.53. The molecule has 1 N–H and O–H groups in total. The predicted molar refractivity (Wildman–Crippen MR) is 80.1 cm³/mol. The Morgan fingerprint density at radius 3 is 3.05 bits per heavy atom. The van der Waals surface area contributed by atoms with E-state index in [0.717, 1.165) is 24.5 Å². The summed E-state index contributed by atoms with van der Waals surface area (Å²) in [7, 11) is 0. The summed E-state index contributed by atoms with van der Waals surface area (Å²) >= 11 is 1.47. The van der Waals surface area contributed by atoms with Crippen molar-refractivity contribution in [1.29, 1.82) is 0 Å². The predicted octanol–water partition coefficient (Wildman–Crippen LogP) is 1.47. The third-order valence-electron chi connectivity index (χ3n) is 4.22. The van der Waals surface area contributed by atoms with Crippen molar-refractivity contribution >= 4 is 17.7 Å². The van der Waals surface area contributed by atoms with Crippen LogP contribution < -0.4 is 0 Å². The van der Waals surface area contributed by atoms with Crippen molar-refractivity contribution in [3.8, 4) is 0 Å². The molecule has 1 saturated heterocycles. The summed E-state index contributed by atoms with van der Waals surface area (Å²) in [4.78, 5) is 14.2. The van der Waals surface area contributed by atoms with E-state index in [1.165, 1.54) is 24.6 Å². The number of amides is 1. The minimum absolute atomic E-state index is 0.128. The summed E-state index contributed by atoms with van der Waals surface area (Å²) in [5.74, 6) is 0.524. The third-order valence-corrected chi connectivity index (χ3v) is 5.16. The van der Waals surface area contributed by atoms with Gasteiger partial charge in [-0.05, 0) is 39.0 Å². The molecule has 0 aromatic carbocycles. The Labute approximate surface area is 128 Å². The molecular weight excluding hydrogens is 288 g/mol. The van der Waals surface area contributed by atoms with Crippen LogP contribution in [-0.2, 0) is 4.79 Å². The number of hydrogen-bond donors (Lipinski definition) is 1. The Kier molecular flexibility index (Phi) is 4.21. The second kappa shape index (κ2) is 5.96. The van der Waals surface area contributed by atoms with E-state index in [1.54, 1.807) is 6.33 Å². The fourth-order valence-corrected chi connectivity index (χ4v) is 3.55. The average molecular weight is 310 g/mol. The number of likely N-dealkylation sites (tertiary alicyclic amines) is 1. The number of carbonyl (C=O) groups is 1. The molecule has 2 aliphatic rings. The second-order valence-electron chi connectivity index (χ2n) is 6.27. The fraction of sp³-hybridized carbons (Fsp3) is 0.786. The van der Waals surface area contributed by atoms with Crippen LogP contribution in [0.5, 0.6) is 0 Å². The van der Waals surface area contributed by atoms with Gasteiger partial charge in [0, 0.05) is 19.1 Å². The lowest BCUT2D eigenvalue weighted by Gasteiger charge is -2.22. The fourth-order valence-electron chi connectivity index (χ4n) is 2.67. The zero-order valence-electron chi connectivity index (χ0n) is 12.4. The number of aromatic nitrogens is 3. The monoisotopic (exact) mass is 310 g/mol. The maximum atomic E-state index is 12.3. The summed E-state index contributed by atoms with van der Waals surface area (Å²) in [6.45, 7) is 3.24. The van der Waals surface area contributed by atoms with Crippen molar-refractivity contribution < 1.29 is 9.90 Å². The molecule has 21 heavy (non-hydrogen) atoms. The molecule has 1 atom stereocenters. The smallest absolute Gasteiger partial charge is 0.233 e. The lowest BCUT2D eigenvalue weighted by molar-refractivity contribution is -0.128. The van der Waals surface area contributed by atoms with Gasteiger partial charge in [0.1, 0.15) is 6.33 Å². The van der Waals surface area contributed by atoms with E-state index in [9.17, 15) is 9.90 Å². The topological polar surface area (TPSA) is 71.2 Å². The first-order chi connectivity index (χ1) is 10.1. The molecule has 116 valence electrons. The number of rotatable bonds is 4. The molecule has 1 saturated carbocycles. The van der Waals surface area contributed by atoms with Gasteiger partial charge in [-0.2, -0.15) is 0 Å². The van der Waals surface area contributed by atoms with Crippen LogP contribution in [0.25, 0.3) is 0 Å². The number of nitrogens with zero attached hydrogens (tertiary/aromatic N) is 4. The van der Waals surface area contributed by atoms with E-state index in [-0.39, 0.29) is 5.91 Å². The Morgan fingerprint density at radius 1 is 1.48 bits per heavy atom. The summed E-state index contributed by atoms with van der Waals surface area (Å²) in [6, 6.07) is 0.533. The molecule has 0 bridgehead atoms. The van der Waals surface area contributed by atoms with Gasteiger partial charge >= 0.3 is 0 Å². The normalized spacial score (nSPS) is 26.7. The summed E-state index contributed by atoms with van der Waals surface area (Å²) < 4.78 is 2.07. The molecule has 0 spiro atoms. The van der Waals surface area contributed by atoms with E-state index in [2.05, 4.69) is 14.8 Å². The highest BCUT2D eigenvalue weighted by Crippen LogP contribution is 2.37. The molecule has 3 rings (SSSR count). The molecule has 7 heteroatoms. The molecule has 1 unspecified atom stereocenters. The largest absolute Gasteiger partial charge is 0.390 e. The minimum atomic E-state index is -0.631. The van der Waals surface area contributed by atoms with Gasteiger partial charge in [0.2, 0.25) is 5.91 Å². The third kappa shape index (κ3) is 3.77. The van der Waals surface area contributed by atoms with Crippen LogP contribution in [0.2, 0.25) is 0 Å². The molecule has 6 nitrogen and oxygen atoms in total. The van der Waals surface area contributed by atoms with E-state index >= 15 is 0 Å². The van der Waals surface area contributed by atoms with Crippen molar-refractivity contribution in [2.24, 2.45) is 0 Å². The number of aliphatic hydroxyl groups is 1. The van der Waals surface area contributed by atoms with E-state index < -0.39 is 5.60 Å². The number of thioether (sulfide) groups is 1. The van der Waals surface area contributed by atoms with Crippen LogP contribution in [0.4, 0.5) is 0 Å². The van der Waals surface area contributed by atoms with Crippen LogP contribution in [0.1, 0.15) is 45.1 Å². The zero-order valence-corrected chi connectivity index (χ0v) is 13.2. The highest BCUT2D eigenvalue weighted by Gasteiger charge is 2.28. The van der Waals surface area contributed by atoms with Gasteiger partial charge in [-0.1, -0.05) is 11.8 Å². The van der Waals surface area contributed by atoms with E-state index in [1.807, 2.05) is 11.8 Å². The van der Waals surface area contributed by atoms with Gasteiger partial charge in [-0.15, -0.1) is 10.2 Å². The first kappa shape index (κ1) is 14.8. The molecule has 0 radical (unpaired) electrons. The number of hydrogen-bond acceptors (Lipinski definition) is 5. The van der Waals surface area contributed by atoms with E-state index in [0.29, 0.717) is 24.8 Å². The Morgan fingerprint density at radius 2 is 2.29 bits per heavy atom. The van der Waals surface area contributed by atoms with Crippen molar-refractivity contribution in [3.63, 3.8) is 0 Å². The first-order valence-corrected chi connectivity index (χ1v) is 8.56. The summed E-state index contributed by atoms with van der Waals surface area (Å²) in [5, 5.41) is 19.0. The summed E-state index contributed by atoms with van der Waals surface area (Å²) in [6.07, 6.45) is 6.40. The molecular formula is C14H22N4O2S. The minimum Gasteiger partial charge on any atom is -0.390 e. The first-order valence-electron chi connectivity index (χ1n) is 7.58. The average Bonchev–Trinajstić information content (AvgIpc) is 3.21. The van der Waals surface area contributed by atoms with Crippen molar-refractivity contribution in [2.45, 2.75) is 55.8 Å². The zero-order chi connectivity index (χ0) is 14.9. The van der Waals surface area contributed by atoms with E-state index in [4.69, 9.17) is 0 Å². The van der Waals surface area contributed by atoms with Gasteiger partial charge in [0.25, 0.3) is 0 Å². The van der Waals surface area contributed by atoms with Crippen LogP contribution >= 0.6 is 11.8 Å². The maximum absolute atomic E-state index is 12.3. The SMILES string of the molecule is CC1(O)CCCN(C(=O)CSc2nncn2C2CC2)CC1. The van der Waals surface area contributed by atoms with Crippen LogP contribution in [0, 0.1) is 0 Å². The quantitative estimate of drug-likeness (QED) is 0.853. The van der Waals surface area contributed by atoms with Crippen molar-refractivity contribution in [3.05, 3.63) is 6.33 Å². The van der Waals surface area contributed by atoms with Gasteiger partial charge in [-0.3, -0.25) is 4.79 Å². The molecule has 2 fully saturated rings. The molecule has 1 aromatic heterocycles. The molecule has 1 aliphatic carbocycles.